The van der Waals surface area contributed by atoms with Gasteiger partial charge in [-0.15, -0.1) is 11.3 Å². The van der Waals surface area contributed by atoms with Gasteiger partial charge in [0.15, 0.2) is 0 Å². The van der Waals surface area contributed by atoms with Gasteiger partial charge in [-0.25, -0.2) is 0 Å². The summed E-state index contributed by atoms with van der Waals surface area (Å²) in [6, 6.07) is 78.6. The Kier molecular flexibility index (Phi) is 6.99. The molecule has 0 atom stereocenters. The van der Waals surface area contributed by atoms with E-state index in [1.807, 2.05) is 11.3 Å². The monoisotopic (exact) mass is 805 g/mol. The van der Waals surface area contributed by atoms with Crippen molar-refractivity contribution in [2.24, 2.45) is 0 Å². The lowest BCUT2D eigenvalue weighted by molar-refractivity contribution is 1.16. The van der Waals surface area contributed by atoms with Gasteiger partial charge in [-0.05, 0) is 119 Å². The number of aromatic nitrogens is 3. The molecule has 14 rings (SSSR count). The van der Waals surface area contributed by atoms with Crippen LogP contribution in [0.3, 0.4) is 0 Å². The number of benzene rings is 10. The molecule has 0 saturated heterocycles. The minimum Gasteiger partial charge on any atom is -0.309 e. The molecule has 14 aromatic rings. The number of hydrogen-bond donors (Lipinski definition) is 0. The van der Waals surface area contributed by atoms with Crippen molar-refractivity contribution in [3.8, 4) is 28.2 Å². The normalized spacial score (nSPS) is 12.2. The summed E-state index contributed by atoms with van der Waals surface area (Å²) >= 11 is 1.87. The Morgan fingerprint density at radius 2 is 0.629 bits per heavy atom. The van der Waals surface area contributed by atoms with Gasteiger partial charge in [0.2, 0.25) is 0 Å². The smallest absolute Gasteiger partial charge is 0.0542 e. The molecule has 4 aromatic heterocycles. The third-order valence-electron chi connectivity index (χ3n) is 13.2. The molecular weight excluding hydrogens is 771 g/mol. The largest absolute Gasteiger partial charge is 0.309 e. The molecule has 0 saturated carbocycles. The third kappa shape index (κ3) is 4.81. The standard InChI is InChI=1S/C58H35N3S/c1-6-16-51-43(11-1)44-12-2-7-17-52(44)60(51)41-26-28-55-48(34-41)49-35-42(61-53-18-8-3-13-45(53)46-14-4-9-19-54(46)61)27-29-56(49)59(55)40-25-23-37-31-36(21-22-38(37)32-40)39-24-30-58-50(33-39)47-15-5-10-20-57(47)62-58/h1-35H. The van der Waals surface area contributed by atoms with Crippen molar-refractivity contribution in [1.29, 1.82) is 0 Å². The van der Waals surface area contributed by atoms with Gasteiger partial charge in [0.25, 0.3) is 0 Å². The molecule has 288 valence electrons. The predicted octanol–water partition coefficient (Wildman–Crippen LogP) is 16.2. The van der Waals surface area contributed by atoms with Crippen LogP contribution in [0.15, 0.2) is 212 Å². The van der Waals surface area contributed by atoms with Gasteiger partial charge in [0.05, 0.1) is 33.1 Å². The van der Waals surface area contributed by atoms with E-state index in [1.54, 1.807) is 0 Å². The summed E-state index contributed by atoms with van der Waals surface area (Å²) in [6.45, 7) is 0. The lowest BCUT2D eigenvalue weighted by Gasteiger charge is -2.12. The van der Waals surface area contributed by atoms with Crippen molar-refractivity contribution in [3.63, 3.8) is 0 Å². The minimum atomic E-state index is 1.14. The highest BCUT2D eigenvalue weighted by Crippen LogP contribution is 2.41. The van der Waals surface area contributed by atoms with Crippen molar-refractivity contribution in [1.82, 2.24) is 13.7 Å². The molecular formula is C58H35N3S. The molecule has 0 radical (unpaired) electrons. The van der Waals surface area contributed by atoms with Crippen LogP contribution in [0.4, 0.5) is 0 Å². The highest BCUT2D eigenvalue weighted by Gasteiger charge is 2.19. The molecule has 0 fully saturated rings. The zero-order chi connectivity index (χ0) is 40.5. The first-order chi connectivity index (χ1) is 30.7. The summed E-state index contributed by atoms with van der Waals surface area (Å²) in [6.07, 6.45) is 0. The van der Waals surface area contributed by atoms with Gasteiger partial charge in [0.1, 0.15) is 0 Å². The number of nitrogens with zero attached hydrogens (tertiary/aromatic N) is 3. The van der Waals surface area contributed by atoms with Crippen LogP contribution in [0.2, 0.25) is 0 Å². The Balaban J connectivity index is 0.977. The molecule has 3 nitrogen and oxygen atoms in total. The first kappa shape index (κ1) is 33.9. The second-order valence-electron chi connectivity index (χ2n) is 16.5. The first-order valence-electron chi connectivity index (χ1n) is 21.2. The predicted molar refractivity (Wildman–Crippen MR) is 265 cm³/mol. The SMILES string of the molecule is c1ccc2c(c1)sc1ccc(-c3ccc4cc(-n5c6ccc(-n7c8ccccc8c8ccccc87)cc6c6cc(-n7c8ccccc8c8ccccc87)ccc65)ccc4c3)cc12. The fourth-order valence-electron chi connectivity index (χ4n) is 10.4. The van der Waals surface area contributed by atoms with E-state index in [2.05, 4.69) is 226 Å². The van der Waals surface area contributed by atoms with E-state index < -0.39 is 0 Å². The fraction of sp³-hybridized carbons (Fsp3) is 0. The second-order valence-corrected chi connectivity index (χ2v) is 17.6. The maximum absolute atomic E-state index is 2.46. The molecule has 4 heterocycles. The summed E-state index contributed by atoms with van der Waals surface area (Å²) < 4.78 is 9.98. The zero-order valence-electron chi connectivity index (χ0n) is 33.5. The number of thiophene rings is 1. The van der Waals surface area contributed by atoms with Crippen molar-refractivity contribution in [2.75, 3.05) is 0 Å². The second kappa shape index (κ2) is 12.8. The summed E-state index contributed by atoms with van der Waals surface area (Å²) in [5, 5.41) is 12.6. The molecule has 0 aliphatic heterocycles. The van der Waals surface area contributed by atoms with Gasteiger partial charge in [-0.2, -0.15) is 0 Å². The van der Waals surface area contributed by atoms with E-state index in [9.17, 15) is 0 Å². The van der Waals surface area contributed by atoms with Crippen molar-refractivity contribution >= 4 is 108 Å². The van der Waals surface area contributed by atoms with E-state index in [0.29, 0.717) is 0 Å². The van der Waals surface area contributed by atoms with E-state index >= 15 is 0 Å². The molecule has 0 amide bonds. The Morgan fingerprint density at radius 3 is 1.19 bits per heavy atom. The van der Waals surface area contributed by atoms with Crippen LogP contribution < -0.4 is 0 Å². The molecule has 0 bridgehead atoms. The van der Waals surface area contributed by atoms with Crippen molar-refractivity contribution < 1.29 is 0 Å². The molecule has 0 unspecified atom stereocenters. The molecule has 4 heteroatoms. The summed E-state index contributed by atoms with van der Waals surface area (Å²) in [5.41, 5.74) is 13.1. The van der Waals surface area contributed by atoms with Gasteiger partial charge < -0.3 is 13.7 Å². The van der Waals surface area contributed by atoms with E-state index in [1.165, 1.54) is 107 Å². The number of fused-ring (bicyclic) bond motifs is 13. The highest BCUT2D eigenvalue weighted by atomic mass is 32.1. The van der Waals surface area contributed by atoms with Crippen LogP contribution >= 0.6 is 11.3 Å². The highest BCUT2D eigenvalue weighted by molar-refractivity contribution is 7.25. The fourth-order valence-corrected chi connectivity index (χ4v) is 11.5. The average molecular weight is 806 g/mol. The lowest BCUT2D eigenvalue weighted by atomic mass is 9.99. The lowest BCUT2D eigenvalue weighted by Crippen LogP contribution is -1.96. The Morgan fingerprint density at radius 1 is 0.242 bits per heavy atom. The van der Waals surface area contributed by atoms with Gasteiger partial charge in [-0.1, -0.05) is 115 Å². The molecule has 10 aromatic carbocycles. The third-order valence-corrected chi connectivity index (χ3v) is 14.4. The van der Waals surface area contributed by atoms with Crippen molar-refractivity contribution in [3.05, 3.63) is 212 Å². The molecule has 0 aliphatic rings. The summed E-state index contributed by atoms with van der Waals surface area (Å²) in [5.74, 6) is 0. The van der Waals surface area contributed by atoms with Crippen LogP contribution in [0.25, 0.3) is 125 Å². The molecule has 0 N–H and O–H groups in total. The van der Waals surface area contributed by atoms with Gasteiger partial charge >= 0.3 is 0 Å². The Hall–Kier alpha value is -7.92. The van der Waals surface area contributed by atoms with Crippen molar-refractivity contribution in [2.45, 2.75) is 0 Å². The number of para-hydroxylation sites is 4. The molecule has 0 spiro atoms. The summed E-state index contributed by atoms with van der Waals surface area (Å²) in [7, 11) is 0. The average Bonchev–Trinajstić information content (AvgIpc) is 4.07. The Labute approximate surface area is 360 Å². The maximum Gasteiger partial charge on any atom is 0.0542 e. The number of rotatable bonds is 4. The van der Waals surface area contributed by atoms with Crippen LogP contribution in [0.1, 0.15) is 0 Å². The topological polar surface area (TPSA) is 14.8 Å². The zero-order valence-corrected chi connectivity index (χ0v) is 34.3. The van der Waals surface area contributed by atoms with E-state index in [4.69, 9.17) is 0 Å². The van der Waals surface area contributed by atoms with E-state index in [-0.39, 0.29) is 0 Å². The Bertz CT molecular complexity index is 3900. The van der Waals surface area contributed by atoms with E-state index in [0.717, 1.165) is 17.1 Å². The van der Waals surface area contributed by atoms with Gasteiger partial charge in [0, 0.05) is 69.6 Å². The van der Waals surface area contributed by atoms with Crippen LogP contribution in [-0.2, 0) is 0 Å². The first-order valence-corrected chi connectivity index (χ1v) is 22.1. The van der Waals surface area contributed by atoms with Crippen LogP contribution in [0.5, 0.6) is 0 Å². The van der Waals surface area contributed by atoms with Gasteiger partial charge in [-0.3, -0.25) is 0 Å². The van der Waals surface area contributed by atoms with Crippen LogP contribution in [-0.4, -0.2) is 13.7 Å². The number of hydrogen-bond acceptors (Lipinski definition) is 1. The van der Waals surface area contributed by atoms with Crippen LogP contribution in [0, 0.1) is 0 Å². The quantitative estimate of drug-likeness (QED) is 0.168. The summed E-state index contributed by atoms with van der Waals surface area (Å²) in [4.78, 5) is 0. The maximum atomic E-state index is 2.46. The molecule has 0 aliphatic carbocycles. The minimum absolute atomic E-state index is 1.14. The molecule has 62 heavy (non-hydrogen) atoms.